The molecule has 1 aromatic rings. The van der Waals surface area contributed by atoms with Gasteiger partial charge in [0.15, 0.2) is 0 Å². The van der Waals surface area contributed by atoms with E-state index in [-0.39, 0.29) is 5.56 Å². The van der Waals surface area contributed by atoms with Crippen LogP contribution in [0.1, 0.15) is 24.7 Å². The molecule has 0 radical (unpaired) electrons. The first kappa shape index (κ1) is 11.9. The van der Waals surface area contributed by atoms with Gasteiger partial charge in [0.2, 0.25) is 0 Å². The minimum atomic E-state index is 0.0216. The van der Waals surface area contributed by atoms with Gasteiger partial charge in [0.1, 0.15) is 5.69 Å². The Morgan fingerprint density at radius 3 is 2.80 bits per heavy atom. The molecule has 0 aliphatic carbocycles. The molecule has 0 aliphatic rings. The molecule has 1 rings (SSSR count). The summed E-state index contributed by atoms with van der Waals surface area (Å²) in [5.74, 6) is 0. The number of aromatic nitrogens is 2. The number of aryl methyl sites for hydroxylation is 2. The van der Waals surface area contributed by atoms with E-state index in [1.54, 1.807) is 17.7 Å². The molecule has 1 heterocycles. The molecule has 0 spiro atoms. The second-order valence-electron chi connectivity index (χ2n) is 3.69. The fourth-order valence-electron chi connectivity index (χ4n) is 1.44. The van der Waals surface area contributed by atoms with Crippen LogP contribution in [0.3, 0.4) is 0 Å². The summed E-state index contributed by atoms with van der Waals surface area (Å²) in [5.41, 5.74) is 1.51. The zero-order valence-corrected chi connectivity index (χ0v) is 9.71. The van der Waals surface area contributed by atoms with Crippen LogP contribution in [0.2, 0.25) is 0 Å². The topological polar surface area (TPSA) is 46.9 Å². The summed E-state index contributed by atoms with van der Waals surface area (Å²) in [6.45, 7) is 8.33. The average Bonchev–Trinajstić information content (AvgIpc) is 2.23. The summed E-state index contributed by atoms with van der Waals surface area (Å²) in [6.07, 6.45) is 2.86. The SMILES string of the molecule is CCCNCCn1c(C)cnc(C)c1=O. The van der Waals surface area contributed by atoms with Crippen LogP contribution >= 0.6 is 0 Å². The first-order chi connectivity index (χ1) is 7.16. The third kappa shape index (κ3) is 3.16. The van der Waals surface area contributed by atoms with E-state index in [1.807, 2.05) is 6.92 Å². The Morgan fingerprint density at radius 1 is 1.40 bits per heavy atom. The van der Waals surface area contributed by atoms with Crippen LogP contribution in [-0.2, 0) is 6.54 Å². The molecule has 0 amide bonds. The summed E-state index contributed by atoms with van der Waals surface area (Å²) in [7, 11) is 0. The van der Waals surface area contributed by atoms with E-state index in [2.05, 4.69) is 17.2 Å². The van der Waals surface area contributed by atoms with Crippen LogP contribution < -0.4 is 10.9 Å². The predicted octanol–water partition coefficient (Wildman–Crippen LogP) is 0.860. The fraction of sp³-hybridized carbons (Fsp3) is 0.636. The van der Waals surface area contributed by atoms with Crippen LogP contribution in [0.25, 0.3) is 0 Å². The van der Waals surface area contributed by atoms with E-state index in [4.69, 9.17) is 0 Å². The summed E-state index contributed by atoms with van der Waals surface area (Å²) >= 11 is 0. The first-order valence-corrected chi connectivity index (χ1v) is 5.40. The third-order valence-corrected chi connectivity index (χ3v) is 2.36. The Kier molecular flexibility index (Phi) is 4.49. The van der Waals surface area contributed by atoms with Gasteiger partial charge < -0.3 is 9.88 Å². The van der Waals surface area contributed by atoms with Crippen molar-refractivity contribution in [3.63, 3.8) is 0 Å². The summed E-state index contributed by atoms with van der Waals surface area (Å²) in [4.78, 5) is 15.8. The average molecular weight is 209 g/mol. The molecular formula is C11H19N3O. The minimum absolute atomic E-state index is 0.0216. The van der Waals surface area contributed by atoms with Crippen molar-refractivity contribution in [1.82, 2.24) is 14.9 Å². The number of nitrogens with zero attached hydrogens (tertiary/aromatic N) is 2. The molecule has 0 saturated carbocycles. The monoisotopic (exact) mass is 209 g/mol. The van der Waals surface area contributed by atoms with Crippen LogP contribution in [0.15, 0.2) is 11.0 Å². The van der Waals surface area contributed by atoms with Crippen molar-refractivity contribution in [2.24, 2.45) is 0 Å². The molecule has 0 unspecified atom stereocenters. The maximum Gasteiger partial charge on any atom is 0.272 e. The first-order valence-electron chi connectivity index (χ1n) is 5.40. The molecule has 0 fully saturated rings. The second-order valence-corrected chi connectivity index (χ2v) is 3.69. The highest BCUT2D eigenvalue weighted by atomic mass is 16.1. The van der Waals surface area contributed by atoms with Gasteiger partial charge in [-0.15, -0.1) is 0 Å². The molecule has 84 valence electrons. The van der Waals surface area contributed by atoms with E-state index in [0.29, 0.717) is 12.2 Å². The van der Waals surface area contributed by atoms with Gasteiger partial charge in [0, 0.05) is 25.0 Å². The van der Waals surface area contributed by atoms with Crippen molar-refractivity contribution >= 4 is 0 Å². The smallest absolute Gasteiger partial charge is 0.272 e. The zero-order chi connectivity index (χ0) is 11.3. The highest BCUT2D eigenvalue weighted by molar-refractivity contribution is 5.02. The van der Waals surface area contributed by atoms with Gasteiger partial charge in [-0.25, -0.2) is 0 Å². The van der Waals surface area contributed by atoms with Crippen LogP contribution in [-0.4, -0.2) is 22.6 Å². The Labute approximate surface area is 90.3 Å². The van der Waals surface area contributed by atoms with Gasteiger partial charge in [-0.2, -0.15) is 0 Å². The van der Waals surface area contributed by atoms with Gasteiger partial charge in [0.25, 0.3) is 5.56 Å². The number of rotatable bonds is 5. The number of hydrogen-bond acceptors (Lipinski definition) is 3. The van der Waals surface area contributed by atoms with Crippen LogP contribution in [0, 0.1) is 13.8 Å². The fourth-order valence-corrected chi connectivity index (χ4v) is 1.44. The van der Waals surface area contributed by atoms with Crippen molar-refractivity contribution in [3.8, 4) is 0 Å². The lowest BCUT2D eigenvalue weighted by Crippen LogP contribution is -2.30. The molecule has 4 nitrogen and oxygen atoms in total. The molecule has 4 heteroatoms. The van der Waals surface area contributed by atoms with E-state index < -0.39 is 0 Å². The quantitative estimate of drug-likeness (QED) is 0.732. The van der Waals surface area contributed by atoms with E-state index in [1.165, 1.54) is 0 Å². The summed E-state index contributed by atoms with van der Waals surface area (Å²) in [5, 5.41) is 3.28. The summed E-state index contributed by atoms with van der Waals surface area (Å²) < 4.78 is 1.77. The Balaban J connectivity index is 2.68. The molecule has 1 N–H and O–H groups in total. The number of nitrogens with one attached hydrogen (secondary N) is 1. The highest BCUT2D eigenvalue weighted by Crippen LogP contribution is 1.92. The van der Waals surface area contributed by atoms with Crippen molar-refractivity contribution in [3.05, 3.63) is 27.9 Å². The van der Waals surface area contributed by atoms with Gasteiger partial charge in [0.05, 0.1) is 0 Å². The molecule has 0 saturated heterocycles. The van der Waals surface area contributed by atoms with Gasteiger partial charge in [-0.1, -0.05) is 6.92 Å². The van der Waals surface area contributed by atoms with Crippen molar-refractivity contribution in [1.29, 1.82) is 0 Å². The predicted molar refractivity (Wildman–Crippen MR) is 61.1 cm³/mol. The molecule has 15 heavy (non-hydrogen) atoms. The molecule has 1 aromatic heterocycles. The standard InChI is InChI=1S/C11H19N3O/c1-4-5-12-6-7-14-9(2)8-13-10(3)11(14)15/h8,12H,4-7H2,1-3H3. The van der Waals surface area contributed by atoms with Crippen molar-refractivity contribution < 1.29 is 0 Å². The highest BCUT2D eigenvalue weighted by Gasteiger charge is 2.02. The maximum absolute atomic E-state index is 11.7. The Hall–Kier alpha value is -1.16. The van der Waals surface area contributed by atoms with Crippen molar-refractivity contribution in [2.75, 3.05) is 13.1 Å². The lowest BCUT2D eigenvalue weighted by molar-refractivity contribution is 0.567. The lowest BCUT2D eigenvalue weighted by atomic mass is 10.4. The molecular weight excluding hydrogens is 190 g/mol. The zero-order valence-electron chi connectivity index (χ0n) is 9.71. The van der Waals surface area contributed by atoms with Gasteiger partial charge in [-0.05, 0) is 26.8 Å². The number of hydrogen-bond donors (Lipinski definition) is 1. The molecule has 0 aliphatic heterocycles. The van der Waals surface area contributed by atoms with Gasteiger partial charge in [-0.3, -0.25) is 9.78 Å². The Bertz CT molecular complexity index is 371. The lowest BCUT2D eigenvalue weighted by Gasteiger charge is -2.10. The molecule has 0 aromatic carbocycles. The normalized spacial score (nSPS) is 10.6. The van der Waals surface area contributed by atoms with Crippen LogP contribution in [0.5, 0.6) is 0 Å². The van der Waals surface area contributed by atoms with E-state index in [0.717, 1.165) is 25.2 Å². The van der Waals surface area contributed by atoms with Crippen LogP contribution in [0.4, 0.5) is 0 Å². The summed E-state index contributed by atoms with van der Waals surface area (Å²) in [6, 6.07) is 0. The van der Waals surface area contributed by atoms with E-state index in [9.17, 15) is 4.79 Å². The Morgan fingerprint density at radius 2 is 2.13 bits per heavy atom. The minimum Gasteiger partial charge on any atom is -0.315 e. The maximum atomic E-state index is 11.7. The van der Waals surface area contributed by atoms with Gasteiger partial charge >= 0.3 is 0 Å². The third-order valence-electron chi connectivity index (χ3n) is 2.36. The molecule has 0 bridgehead atoms. The van der Waals surface area contributed by atoms with Crippen molar-refractivity contribution in [2.45, 2.75) is 33.7 Å². The largest absolute Gasteiger partial charge is 0.315 e. The van der Waals surface area contributed by atoms with E-state index >= 15 is 0 Å². The second kappa shape index (κ2) is 5.66. The molecule has 0 atom stereocenters.